The summed E-state index contributed by atoms with van der Waals surface area (Å²) in [6.07, 6.45) is 2.14. The van der Waals surface area contributed by atoms with Crippen molar-refractivity contribution in [1.29, 1.82) is 0 Å². The van der Waals surface area contributed by atoms with E-state index < -0.39 is 0 Å². The molecule has 0 bridgehead atoms. The first-order valence-electron chi connectivity index (χ1n) is 7.49. The maximum atomic E-state index is 5.71. The molecule has 1 aromatic rings. The van der Waals surface area contributed by atoms with Crippen molar-refractivity contribution in [3.05, 3.63) is 18.2 Å². The summed E-state index contributed by atoms with van der Waals surface area (Å²) in [5.74, 6) is 3.63. The highest BCUT2D eigenvalue weighted by Gasteiger charge is 2.10. The fraction of sp³-hybridized carbons (Fsp3) is 0.625. The molecule has 0 radical (unpaired) electrons. The zero-order valence-electron chi connectivity index (χ0n) is 12.5. The summed E-state index contributed by atoms with van der Waals surface area (Å²) >= 11 is 1.88. The summed E-state index contributed by atoms with van der Waals surface area (Å²) in [5.41, 5.74) is 0. The Bertz CT molecular complexity index is 409. The van der Waals surface area contributed by atoms with Crippen molar-refractivity contribution in [2.75, 3.05) is 32.1 Å². The second kappa shape index (κ2) is 8.42. The van der Waals surface area contributed by atoms with Crippen LogP contribution in [0.25, 0.3) is 0 Å². The van der Waals surface area contributed by atoms with Gasteiger partial charge in [-0.15, -0.1) is 11.8 Å². The van der Waals surface area contributed by atoms with Crippen LogP contribution >= 0.6 is 11.8 Å². The van der Waals surface area contributed by atoms with Crippen LogP contribution in [0.3, 0.4) is 0 Å². The van der Waals surface area contributed by atoms with Crippen molar-refractivity contribution in [3.8, 4) is 11.5 Å². The molecule has 0 aliphatic carbocycles. The van der Waals surface area contributed by atoms with E-state index in [1.54, 1.807) is 0 Å². The zero-order chi connectivity index (χ0) is 14.2. The van der Waals surface area contributed by atoms with E-state index in [9.17, 15) is 0 Å². The number of nitrogens with one attached hydrogen (secondary N) is 1. The van der Waals surface area contributed by atoms with Gasteiger partial charge in [-0.2, -0.15) is 0 Å². The molecular weight excluding hydrogens is 270 g/mol. The van der Waals surface area contributed by atoms with Crippen LogP contribution in [0.4, 0.5) is 0 Å². The minimum Gasteiger partial charge on any atom is -0.490 e. The Morgan fingerprint density at radius 2 is 2.00 bits per heavy atom. The van der Waals surface area contributed by atoms with E-state index in [0.717, 1.165) is 55.9 Å². The summed E-state index contributed by atoms with van der Waals surface area (Å²) in [5, 5.41) is 3.47. The number of thioether (sulfide) groups is 1. The summed E-state index contributed by atoms with van der Waals surface area (Å²) in [7, 11) is 0. The Hall–Kier alpha value is -0.870. The smallest absolute Gasteiger partial charge is 0.162 e. The van der Waals surface area contributed by atoms with Crippen molar-refractivity contribution in [2.45, 2.75) is 31.6 Å². The molecule has 0 saturated carbocycles. The standard InChI is InChI=1S/C16H25NO2S/c1-13(2)12-17-7-3-10-20-14-5-6-15-16(11-14)19-9-4-8-18-15/h5-6,11,13,17H,3-4,7-10,12H2,1-2H3. The third-order valence-corrected chi connectivity index (χ3v) is 4.12. The van der Waals surface area contributed by atoms with Crippen LogP contribution in [-0.2, 0) is 0 Å². The van der Waals surface area contributed by atoms with Gasteiger partial charge in [0.15, 0.2) is 11.5 Å². The molecule has 0 amide bonds. The predicted octanol–water partition coefficient (Wildman–Crippen LogP) is 3.58. The molecule has 112 valence electrons. The molecule has 1 aliphatic rings. The molecule has 0 saturated heterocycles. The number of rotatable bonds is 7. The topological polar surface area (TPSA) is 30.5 Å². The predicted molar refractivity (Wildman–Crippen MR) is 85.1 cm³/mol. The Morgan fingerprint density at radius 3 is 2.80 bits per heavy atom. The van der Waals surface area contributed by atoms with Crippen LogP contribution in [0.2, 0.25) is 0 Å². The van der Waals surface area contributed by atoms with E-state index in [0.29, 0.717) is 0 Å². The van der Waals surface area contributed by atoms with Crippen molar-refractivity contribution in [2.24, 2.45) is 5.92 Å². The minimum atomic E-state index is 0.726. The summed E-state index contributed by atoms with van der Waals surface area (Å²) in [6.45, 7) is 8.17. The van der Waals surface area contributed by atoms with Crippen LogP contribution < -0.4 is 14.8 Å². The van der Waals surface area contributed by atoms with Gasteiger partial charge in [0.25, 0.3) is 0 Å². The van der Waals surface area contributed by atoms with Gasteiger partial charge in [-0.25, -0.2) is 0 Å². The van der Waals surface area contributed by atoms with Gasteiger partial charge >= 0.3 is 0 Å². The fourth-order valence-corrected chi connectivity index (χ4v) is 2.89. The normalized spacial score (nSPS) is 14.3. The third kappa shape index (κ3) is 5.25. The van der Waals surface area contributed by atoms with Gasteiger partial charge in [-0.05, 0) is 49.4 Å². The SMILES string of the molecule is CC(C)CNCCCSc1ccc2c(c1)OCCCO2. The van der Waals surface area contributed by atoms with Gasteiger partial charge < -0.3 is 14.8 Å². The lowest BCUT2D eigenvalue weighted by Crippen LogP contribution is -2.21. The minimum absolute atomic E-state index is 0.726. The van der Waals surface area contributed by atoms with Crippen LogP contribution in [0.5, 0.6) is 11.5 Å². The van der Waals surface area contributed by atoms with Crippen LogP contribution in [0.1, 0.15) is 26.7 Å². The van der Waals surface area contributed by atoms with Gasteiger partial charge in [0.1, 0.15) is 0 Å². The quantitative estimate of drug-likeness (QED) is 0.615. The molecule has 0 fully saturated rings. The van der Waals surface area contributed by atoms with Crippen molar-refractivity contribution in [3.63, 3.8) is 0 Å². The molecule has 1 heterocycles. The van der Waals surface area contributed by atoms with E-state index in [-0.39, 0.29) is 0 Å². The van der Waals surface area contributed by atoms with Crippen molar-refractivity contribution in [1.82, 2.24) is 5.32 Å². The van der Waals surface area contributed by atoms with E-state index >= 15 is 0 Å². The summed E-state index contributed by atoms with van der Waals surface area (Å²) in [4.78, 5) is 1.26. The van der Waals surface area contributed by atoms with Gasteiger partial charge in [0.2, 0.25) is 0 Å². The lowest BCUT2D eigenvalue weighted by atomic mass is 10.2. The highest BCUT2D eigenvalue weighted by atomic mass is 32.2. The molecule has 2 rings (SSSR count). The molecule has 1 aliphatic heterocycles. The fourth-order valence-electron chi connectivity index (χ4n) is 2.01. The molecule has 0 aromatic heterocycles. The molecule has 20 heavy (non-hydrogen) atoms. The number of fused-ring (bicyclic) bond motifs is 1. The van der Waals surface area contributed by atoms with E-state index in [2.05, 4.69) is 31.3 Å². The van der Waals surface area contributed by atoms with Gasteiger partial charge in [-0.3, -0.25) is 0 Å². The molecule has 3 nitrogen and oxygen atoms in total. The third-order valence-electron chi connectivity index (χ3n) is 3.04. The van der Waals surface area contributed by atoms with Gasteiger partial charge in [0, 0.05) is 11.3 Å². The lowest BCUT2D eigenvalue weighted by molar-refractivity contribution is 0.297. The van der Waals surface area contributed by atoms with Gasteiger partial charge in [0.05, 0.1) is 13.2 Å². The molecular formula is C16H25NO2S. The molecule has 4 heteroatoms. The average Bonchev–Trinajstić information content (AvgIpc) is 2.67. The molecule has 1 aromatic carbocycles. The van der Waals surface area contributed by atoms with Crippen LogP contribution in [0, 0.1) is 5.92 Å². The molecule has 0 unspecified atom stereocenters. The maximum Gasteiger partial charge on any atom is 0.162 e. The van der Waals surface area contributed by atoms with Crippen LogP contribution in [-0.4, -0.2) is 32.1 Å². The monoisotopic (exact) mass is 295 g/mol. The Labute approximate surface area is 126 Å². The number of ether oxygens (including phenoxy) is 2. The average molecular weight is 295 g/mol. The Balaban J connectivity index is 1.72. The second-order valence-corrected chi connectivity index (χ2v) is 6.63. The maximum absolute atomic E-state index is 5.71. The van der Waals surface area contributed by atoms with Gasteiger partial charge in [-0.1, -0.05) is 13.8 Å². The summed E-state index contributed by atoms with van der Waals surface area (Å²) in [6, 6.07) is 6.26. The molecule has 1 N–H and O–H groups in total. The van der Waals surface area contributed by atoms with E-state index in [1.165, 1.54) is 11.3 Å². The highest BCUT2D eigenvalue weighted by Crippen LogP contribution is 2.33. The Morgan fingerprint density at radius 1 is 1.20 bits per heavy atom. The van der Waals surface area contributed by atoms with E-state index in [1.807, 2.05) is 17.8 Å². The summed E-state index contributed by atoms with van der Waals surface area (Å²) < 4.78 is 11.3. The van der Waals surface area contributed by atoms with Crippen molar-refractivity contribution >= 4 is 11.8 Å². The second-order valence-electron chi connectivity index (χ2n) is 5.46. The largest absolute Gasteiger partial charge is 0.490 e. The number of hydrogen-bond acceptors (Lipinski definition) is 4. The first-order valence-corrected chi connectivity index (χ1v) is 8.47. The number of benzene rings is 1. The number of hydrogen-bond donors (Lipinski definition) is 1. The lowest BCUT2D eigenvalue weighted by Gasteiger charge is -2.09. The molecule has 0 spiro atoms. The Kier molecular flexibility index (Phi) is 6.54. The zero-order valence-corrected chi connectivity index (χ0v) is 13.3. The van der Waals surface area contributed by atoms with Crippen molar-refractivity contribution < 1.29 is 9.47 Å². The van der Waals surface area contributed by atoms with Crippen LogP contribution in [0.15, 0.2) is 23.1 Å². The molecule has 0 atom stereocenters. The van der Waals surface area contributed by atoms with E-state index in [4.69, 9.17) is 9.47 Å². The first-order chi connectivity index (χ1) is 9.75. The first kappa shape index (κ1) is 15.5. The highest BCUT2D eigenvalue weighted by molar-refractivity contribution is 7.99.